The average Bonchev–Trinajstić information content (AvgIpc) is 3.20. The third-order valence-electron chi connectivity index (χ3n) is 5.74. The van der Waals surface area contributed by atoms with Crippen LogP contribution in [-0.4, -0.2) is 40.7 Å². The number of hydrogen-bond donors (Lipinski definition) is 1. The molecule has 3 heterocycles. The Morgan fingerprint density at radius 3 is 2.48 bits per heavy atom. The number of aryl methyl sites for hydroxylation is 1. The summed E-state index contributed by atoms with van der Waals surface area (Å²) in [6.07, 6.45) is 10.7. The molecule has 1 aromatic carbocycles. The van der Waals surface area contributed by atoms with Crippen LogP contribution < -0.4 is 10.2 Å². The van der Waals surface area contributed by atoms with Gasteiger partial charge >= 0.3 is 0 Å². The molecule has 1 N–H and O–H groups in total. The molecule has 29 heavy (non-hydrogen) atoms. The van der Waals surface area contributed by atoms with Gasteiger partial charge < -0.3 is 14.8 Å². The van der Waals surface area contributed by atoms with Gasteiger partial charge in [0.25, 0.3) is 0 Å². The van der Waals surface area contributed by atoms with Crippen molar-refractivity contribution >= 4 is 16.6 Å². The normalized spacial score (nSPS) is 17.1. The van der Waals surface area contributed by atoms with Crippen molar-refractivity contribution in [2.45, 2.75) is 39.0 Å². The summed E-state index contributed by atoms with van der Waals surface area (Å²) in [6.45, 7) is 10.0. The minimum atomic E-state index is 0.789. The van der Waals surface area contributed by atoms with E-state index in [0.717, 1.165) is 37.8 Å². The molecule has 5 heteroatoms. The average molecular weight is 390 g/mol. The van der Waals surface area contributed by atoms with Crippen molar-refractivity contribution in [1.82, 2.24) is 19.9 Å². The second kappa shape index (κ2) is 9.23. The van der Waals surface area contributed by atoms with Crippen LogP contribution in [0.1, 0.15) is 37.9 Å². The molecule has 0 bridgehead atoms. The minimum absolute atomic E-state index is 0.789. The Kier molecular flexibility index (Phi) is 6.25. The number of hydrogen-bond acceptors (Lipinski definition) is 4. The highest BCUT2D eigenvalue weighted by Gasteiger charge is 2.15. The lowest BCUT2D eigenvalue weighted by atomic mass is 9.97. The van der Waals surface area contributed by atoms with Crippen molar-refractivity contribution < 1.29 is 0 Å². The Labute approximate surface area is 173 Å². The molecule has 5 nitrogen and oxygen atoms in total. The number of nitrogens with zero attached hydrogens (tertiary/aromatic N) is 4. The third-order valence-corrected chi connectivity index (χ3v) is 5.74. The van der Waals surface area contributed by atoms with Crippen molar-refractivity contribution in [3.05, 3.63) is 60.7 Å². The van der Waals surface area contributed by atoms with Crippen LogP contribution in [0.2, 0.25) is 0 Å². The van der Waals surface area contributed by atoms with Gasteiger partial charge in [-0.05, 0) is 56.9 Å². The van der Waals surface area contributed by atoms with Crippen LogP contribution in [-0.2, 0) is 0 Å². The lowest BCUT2D eigenvalue weighted by molar-refractivity contribution is 0.590. The number of allylic oxidation sites excluding steroid dienone is 1. The van der Waals surface area contributed by atoms with Crippen molar-refractivity contribution in [1.29, 1.82) is 0 Å². The maximum Gasteiger partial charge on any atom is 0.140 e. The van der Waals surface area contributed by atoms with Gasteiger partial charge in [-0.3, -0.25) is 0 Å². The number of nitrogens with one attached hydrogen (secondary N) is 1. The summed E-state index contributed by atoms with van der Waals surface area (Å²) in [5.74, 6) is 1.71. The van der Waals surface area contributed by atoms with Crippen LogP contribution in [0.3, 0.4) is 0 Å². The zero-order valence-electron chi connectivity index (χ0n) is 17.4. The van der Waals surface area contributed by atoms with Gasteiger partial charge in [0, 0.05) is 49.6 Å². The van der Waals surface area contributed by atoms with E-state index in [1.807, 2.05) is 19.2 Å². The zero-order valence-corrected chi connectivity index (χ0v) is 17.4. The van der Waals surface area contributed by atoms with Crippen molar-refractivity contribution in [3.8, 4) is 5.82 Å². The highest BCUT2D eigenvalue weighted by atomic mass is 15.2. The first-order chi connectivity index (χ1) is 14.2. The second-order valence-electron chi connectivity index (χ2n) is 7.91. The molecule has 1 saturated heterocycles. The Hall–Kier alpha value is -2.66. The van der Waals surface area contributed by atoms with Crippen LogP contribution in [0.5, 0.6) is 0 Å². The molecule has 0 radical (unpaired) electrons. The summed E-state index contributed by atoms with van der Waals surface area (Å²) in [5, 5.41) is 4.68. The maximum absolute atomic E-state index is 4.54. The van der Waals surface area contributed by atoms with Crippen molar-refractivity contribution in [3.63, 3.8) is 0 Å². The van der Waals surface area contributed by atoms with E-state index in [9.17, 15) is 0 Å². The van der Waals surface area contributed by atoms with E-state index in [0.29, 0.717) is 0 Å². The van der Waals surface area contributed by atoms with Crippen molar-refractivity contribution in [2.75, 3.05) is 31.1 Å². The molecule has 1 aliphatic heterocycles. The number of benzene rings is 1. The number of anilines is 1. The molecule has 152 valence electrons. The predicted octanol–water partition coefficient (Wildman–Crippen LogP) is 4.65. The Bertz CT molecular complexity index is 960. The van der Waals surface area contributed by atoms with Crippen LogP contribution in [0.4, 0.5) is 5.69 Å². The monoisotopic (exact) mass is 389 g/mol. The highest BCUT2D eigenvalue weighted by molar-refractivity contribution is 5.93. The summed E-state index contributed by atoms with van der Waals surface area (Å²) in [7, 11) is 0. The van der Waals surface area contributed by atoms with Gasteiger partial charge in [-0.1, -0.05) is 24.6 Å². The molecule has 0 unspecified atom stereocenters. The SMILES string of the molecule is C=C1CCCCC1.Cc1nccc(-n2ccc3c(N4CCNCC4)cccc32)n1. The fourth-order valence-electron chi connectivity index (χ4n) is 4.16. The summed E-state index contributed by atoms with van der Waals surface area (Å²) >= 11 is 0. The molecule has 0 spiro atoms. The quantitative estimate of drug-likeness (QED) is 0.648. The fourth-order valence-corrected chi connectivity index (χ4v) is 4.16. The number of piperazine rings is 1. The molecule has 0 amide bonds. The summed E-state index contributed by atoms with van der Waals surface area (Å²) in [5.41, 5.74) is 3.96. The first-order valence-electron chi connectivity index (χ1n) is 10.7. The Morgan fingerprint density at radius 1 is 1.00 bits per heavy atom. The molecular weight excluding hydrogens is 358 g/mol. The minimum Gasteiger partial charge on any atom is -0.368 e. The summed E-state index contributed by atoms with van der Waals surface area (Å²) in [6, 6.07) is 10.6. The number of fused-ring (bicyclic) bond motifs is 1. The smallest absolute Gasteiger partial charge is 0.140 e. The van der Waals surface area contributed by atoms with E-state index in [1.54, 1.807) is 0 Å². The van der Waals surface area contributed by atoms with Gasteiger partial charge in [0.2, 0.25) is 0 Å². The first kappa shape index (κ1) is 19.6. The number of rotatable bonds is 2. The molecular formula is C24H31N5. The molecule has 3 aromatic rings. The standard InChI is InChI=1S/C17H19N5.C7H12/c1-13-19-7-5-17(20-13)22-10-6-14-15(3-2-4-16(14)22)21-11-8-18-9-12-21;1-7-5-3-2-4-6-7/h2-7,10,18H,8-9,11-12H2,1H3;1-6H2. The lowest BCUT2D eigenvalue weighted by Crippen LogP contribution is -2.43. The van der Waals surface area contributed by atoms with Gasteiger partial charge in [-0.15, -0.1) is 0 Å². The van der Waals surface area contributed by atoms with Crippen LogP contribution in [0.25, 0.3) is 16.7 Å². The molecule has 1 aliphatic carbocycles. The molecule has 2 fully saturated rings. The van der Waals surface area contributed by atoms with E-state index in [-0.39, 0.29) is 0 Å². The van der Waals surface area contributed by atoms with Crippen LogP contribution in [0, 0.1) is 6.92 Å². The first-order valence-corrected chi connectivity index (χ1v) is 10.7. The predicted molar refractivity (Wildman–Crippen MR) is 121 cm³/mol. The zero-order chi connectivity index (χ0) is 20.1. The van der Waals surface area contributed by atoms with Gasteiger partial charge in [0.05, 0.1) is 5.52 Å². The summed E-state index contributed by atoms with van der Waals surface area (Å²) < 4.78 is 2.13. The van der Waals surface area contributed by atoms with E-state index < -0.39 is 0 Å². The van der Waals surface area contributed by atoms with Gasteiger partial charge in [0.1, 0.15) is 11.6 Å². The van der Waals surface area contributed by atoms with E-state index in [2.05, 4.69) is 61.8 Å². The second-order valence-corrected chi connectivity index (χ2v) is 7.91. The number of aromatic nitrogens is 3. The molecule has 1 saturated carbocycles. The lowest BCUT2D eigenvalue weighted by Gasteiger charge is -2.30. The van der Waals surface area contributed by atoms with Gasteiger partial charge in [-0.2, -0.15) is 0 Å². The topological polar surface area (TPSA) is 46.0 Å². The van der Waals surface area contributed by atoms with Gasteiger partial charge in [0.15, 0.2) is 0 Å². The van der Waals surface area contributed by atoms with E-state index >= 15 is 0 Å². The molecule has 0 atom stereocenters. The Morgan fingerprint density at radius 2 is 1.79 bits per heavy atom. The highest BCUT2D eigenvalue weighted by Crippen LogP contribution is 2.29. The molecule has 5 rings (SSSR count). The largest absolute Gasteiger partial charge is 0.368 e. The maximum atomic E-state index is 4.54. The third kappa shape index (κ3) is 4.67. The van der Waals surface area contributed by atoms with E-state index in [1.165, 1.54) is 54.3 Å². The van der Waals surface area contributed by atoms with Gasteiger partial charge in [-0.25, -0.2) is 9.97 Å². The molecule has 2 aliphatic rings. The van der Waals surface area contributed by atoms with Crippen LogP contribution >= 0.6 is 0 Å². The summed E-state index contributed by atoms with van der Waals surface area (Å²) in [4.78, 5) is 11.2. The Balaban J connectivity index is 0.000000249. The van der Waals surface area contributed by atoms with E-state index in [4.69, 9.17) is 0 Å². The fraction of sp³-hybridized carbons (Fsp3) is 0.417. The molecule has 2 aromatic heterocycles. The van der Waals surface area contributed by atoms with Crippen molar-refractivity contribution in [2.24, 2.45) is 0 Å². The van der Waals surface area contributed by atoms with Crippen LogP contribution in [0.15, 0.2) is 54.9 Å².